The summed E-state index contributed by atoms with van der Waals surface area (Å²) < 4.78 is 0. The normalized spacial score (nSPS) is 12.8. The van der Waals surface area contributed by atoms with Gasteiger partial charge in [0.05, 0.1) is 0 Å². The maximum Gasteiger partial charge on any atom is 0.251 e. The fourth-order valence-corrected chi connectivity index (χ4v) is 3.61. The van der Waals surface area contributed by atoms with Gasteiger partial charge in [0.25, 0.3) is 5.91 Å². The van der Waals surface area contributed by atoms with E-state index >= 15 is 0 Å². The average Bonchev–Trinajstić information content (AvgIpc) is 2.42. The van der Waals surface area contributed by atoms with E-state index in [1.54, 1.807) is 24.3 Å². The van der Waals surface area contributed by atoms with Crippen molar-refractivity contribution in [2.45, 2.75) is 54.9 Å². The zero-order chi connectivity index (χ0) is 17.8. The number of halogens is 1. The minimum absolute atomic E-state index is 0.0266. The summed E-state index contributed by atoms with van der Waals surface area (Å²) in [6, 6.07) is 7.05. The van der Waals surface area contributed by atoms with E-state index < -0.39 is 0 Å². The first-order chi connectivity index (χ1) is 10.5. The van der Waals surface area contributed by atoms with Crippen LogP contribution in [0.4, 0.5) is 0 Å². The smallest absolute Gasteiger partial charge is 0.251 e. The van der Waals surface area contributed by atoms with Gasteiger partial charge < -0.3 is 5.32 Å². The second-order valence-corrected chi connectivity index (χ2v) is 8.91. The Bertz CT molecular complexity index is 503. The summed E-state index contributed by atoms with van der Waals surface area (Å²) >= 11 is 5.89. The van der Waals surface area contributed by atoms with Gasteiger partial charge in [-0.25, -0.2) is 0 Å². The Balaban J connectivity index is 2.93. The lowest BCUT2D eigenvalue weighted by atomic mass is 9.61. The van der Waals surface area contributed by atoms with Crippen LogP contribution in [-0.4, -0.2) is 12.5 Å². The summed E-state index contributed by atoms with van der Waals surface area (Å²) in [7, 11) is 0. The summed E-state index contributed by atoms with van der Waals surface area (Å²) in [5.41, 5.74) is 0.964. The zero-order valence-electron chi connectivity index (χ0n) is 15.7. The largest absolute Gasteiger partial charge is 0.351 e. The van der Waals surface area contributed by atoms with Crippen molar-refractivity contribution in [3.8, 4) is 0 Å². The van der Waals surface area contributed by atoms with Crippen molar-refractivity contribution in [1.82, 2.24) is 5.32 Å². The van der Waals surface area contributed by atoms with Crippen molar-refractivity contribution >= 4 is 17.5 Å². The molecule has 130 valence electrons. The number of hydrogen-bond donors (Lipinski definition) is 1. The molecule has 0 heterocycles. The Morgan fingerprint density at radius 2 is 1.52 bits per heavy atom. The topological polar surface area (TPSA) is 29.1 Å². The van der Waals surface area contributed by atoms with Crippen LogP contribution in [0.25, 0.3) is 0 Å². The molecule has 0 bridgehead atoms. The molecule has 1 aromatic rings. The molecule has 0 aliphatic heterocycles. The number of benzene rings is 1. The quantitative estimate of drug-likeness (QED) is 0.697. The van der Waals surface area contributed by atoms with Crippen LogP contribution in [0.15, 0.2) is 24.3 Å². The Kier molecular flexibility index (Phi) is 6.70. The van der Waals surface area contributed by atoms with Crippen LogP contribution in [0.3, 0.4) is 0 Å². The molecule has 0 aromatic heterocycles. The molecule has 0 saturated heterocycles. The standard InChI is InChI=1S/C20H32ClNO/c1-14(2)20(15(3)4,12-19(5,6)7)13-22-18(23)16-8-10-17(21)11-9-16/h8-11,14-15H,12-13H2,1-7H3,(H,22,23). The monoisotopic (exact) mass is 337 g/mol. The highest BCUT2D eigenvalue weighted by Crippen LogP contribution is 2.44. The summed E-state index contributed by atoms with van der Waals surface area (Å²) in [5.74, 6) is 0.959. The molecule has 23 heavy (non-hydrogen) atoms. The van der Waals surface area contributed by atoms with E-state index in [4.69, 9.17) is 11.6 Å². The van der Waals surface area contributed by atoms with Crippen LogP contribution in [0, 0.1) is 22.7 Å². The molecule has 1 amide bonds. The maximum absolute atomic E-state index is 12.5. The highest BCUT2D eigenvalue weighted by atomic mass is 35.5. The molecule has 0 aliphatic carbocycles. The van der Waals surface area contributed by atoms with Crippen LogP contribution in [0.1, 0.15) is 65.2 Å². The van der Waals surface area contributed by atoms with Crippen LogP contribution >= 0.6 is 11.6 Å². The SMILES string of the molecule is CC(C)C(CNC(=O)c1ccc(Cl)cc1)(CC(C)(C)C)C(C)C. The van der Waals surface area contributed by atoms with Gasteiger partial charge >= 0.3 is 0 Å². The predicted molar refractivity (Wildman–Crippen MR) is 100.0 cm³/mol. The number of carbonyl (C=O) groups is 1. The summed E-state index contributed by atoms with van der Waals surface area (Å²) in [4.78, 5) is 12.5. The van der Waals surface area contributed by atoms with Gasteiger partial charge in [0.2, 0.25) is 0 Å². The molecular weight excluding hydrogens is 306 g/mol. The first-order valence-corrected chi connectivity index (χ1v) is 8.89. The van der Waals surface area contributed by atoms with E-state index in [1.165, 1.54) is 0 Å². The van der Waals surface area contributed by atoms with Gasteiger partial charge in [0.1, 0.15) is 0 Å². The lowest BCUT2D eigenvalue weighted by molar-refractivity contribution is 0.0490. The molecule has 1 aromatic carbocycles. The minimum Gasteiger partial charge on any atom is -0.351 e. The first kappa shape index (κ1) is 20.0. The summed E-state index contributed by atoms with van der Waals surface area (Å²) in [5, 5.41) is 3.81. The molecule has 1 N–H and O–H groups in total. The molecule has 3 heteroatoms. The van der Waals surface area contributed by atoms with E-state index in [0.717, 1.165) is 6.42 Å². The number of nitrogens with one attached hydrogen (secondary N) is 1. The fraction of sp³-hybridized carbons (Fsp3) is 0.650. The number of amides is 1. The van der Waals surface area contributed by atoms with Gasteiger partial charge in [0.15, 0.2) is 0 Å². The van der Waals surface area contributed by atoms with Gasteiger partial charge in [-0.3, -0.25) is 4.79 Å². The molecule has 0 radical (unpaired) electrons. The van der Waals surface area contributed by atoms with Crippen molar-refractivity contribution in [3.63, 3.8) is 0 Å². The second kappa shape index (κ2) is 7.70. The average molecular weight is 338 g/mol. The van der Waals surface area contributed by atoms with Gasteiger partial charge in [-0.1, -0.05) is 60.1 Å². The molecule has 2 nitrogen and oxygen atoms in total. The van der Waals surface area contributed by atoms with Crippen molar-refractivity contribution in [1.29, 1.82) is 0 Å². The number of carbonyl (C=O) groups excluding carboxylic acids is 1. The van der Waals surface area contributed by atoms with Gasteiger partial charge in [0, 0.05) is 17.1 Å². The first-order valence-electron chi connectivity index (χ1n) is 8.52. The van der Waals surface area contributed by atoms with Crippen molar-refractivity contribution < 1.29 is 4.79 Å². The fourth-order valence-electron chi connectivity index (χ4n) is 3.48. The van der Waals surface area contributed by atoms with Crippen LogP contribution in [0.2, 0.25) is 5.02 Å². The Hall–Kier alpha value is -1.02. The third-order valence-electron chi connectivity index (χ3n) is 4.84. The minimum atomic E-state index is -0.0266. The molecule has 0 atom stereocenters. The molecule has 0 unspecified atom stereocenters. The number of rotatable bonds is 6. The molecule has 1 rings (SSSR count). The Labute approximate surface area is 147 Å². The molecule has 0 fully saturated rings. The van der Waals surface area contributed by atoms with Gasteiger partial charge in [-0.05, 0) is 53.4 Å². The second-order valence-electron chi connectivity index (χ2n) is 8.47. The van der Waals surface area contributed by atoms with E-state index in [2.05, 4.69) is 53.8 Å². The highest BCUT2D eigenvalue weighted by Gasteiger charge is 2.40. The van der Waals surface area contributed by atoms with Crippen molar-refractivity contribution in [2.75, 3.05) is 6.54 Å². The third-order valence-corrected chi connectivity index (χ3v) is 5.10. The van der Waals surface area contributed by atoms with E-state index in [0.29, 0.717) is 29.0 Å². The maximum atomic E-state index is 12.5. The summed E-state index contributed by atoms with van der Waals surface area (Å²) in [6.45, 7) is 16.6. The van der Waals surface area contributed by atoms with E-state index in [9.17, 15) is 4.79 Å². The molecule has 0 saturated carbocycles. The molecule has 0 spiro atoms. The van der Waals surface area contributed by atoms with Crippen LogP contribution < -0.4 is 5.32 Å². The Morgan fingerprint density at radius 3 is 1.91 bits per heavy atom. The predicted octanol–water partition coefficient (Wildman–Crippen LogP) is 5.80. The zero-order valence-corrected chi connectivity index (χ0v) is 16.4. The van der Waals surface area contributed by atoms with Crippen molar-refractivity contribution in [3.05, 3.63) is 34.9 Å². The van der Waals surface area contributed by atoms with Crippen LogP contribution in [0.5, 0.6) is 0 Å². The third kappa shape index (κ3) is 5.53. The van der Waals surface area contributed by atoms with Gasteiger partial charge in [-0.2, -0.15) is 0 Å². The van der Waals surface area contributed by atoms with E-state index in [-0.39, 0.29) is 16.7 Å². The lowest BCUT2D eigenvalue weighted by Gasteiger charge is -2.45. The van der Waals surface area contributed by atoms with Gasteiger partial charge in [-0.15, -0.1) is 0 Å². The lowest BCUT2D eigenvalue weighted by Crippen LogP contribution is -2.46. The highest BCUT2D eigenvalue weighted by molar-refractivity contribution is 6.30. The van der Waals surface area contributed by atoms with Crippen LogP contribution in [-0.2, 0) is 0 Å². The molecule has 0 aliphatic rings. The van der Waals surface area contributed by atoms with E-state index in [1.807, 2.05) is 0 Å². The number of hydrogen-bond acceptors (Lipinski definition) is 1. The Morgan fingerprint density at radius 1 is 1.04 bits per heavy atom. The van der Waals surface area contributed by atoms with Crippen molar-refractivity contribution in [2.24, 2.45) is 22.7 Å². The molecular formula is C20H32ClNO. The summed E-state index contributed by atoms with van der Waals surface area (Å²) in [6.07, 6.45) is 1.08.